The number of thiophene rings is 1. The lowest BCUT2D eigenvalue weighted by Crippen LogP contribution is -2.33. The average Bonchev–Trinajstić information content (AvgIpc) is 2.98. The van der Waals surface area contributed by atoms with E-state index in [4.69, 9.17) is 0 Å². The Morgan fingerprint density at radius 1 is 1.50 bits per heavy atom. The smallest absolute Gasteiger partial charge is 0.00954 e. The summed E-state index contributed by atoms with van der Waals surface area (Å²) in [5.74, 6) is 1.65. The van der Waals surface area contributed by atoms with Crippen LogP contribution in [0, 0.1) is 5.92 Å². The van der Waals surface area contributed by atoms with Crippen LogP contribution in [0.1, 0.15) is 50.3 Å². The molecule has 0 saturated heterocycles. The van der Waals surface area contributed by atoms with E-state index < -0.39 is 0 Å². The fraction of sp³-hybridized carbons (Fsp3) is 0.714. The van der Waals surface area contributed by atoms with E-state index in [1.54, 1.807) is 0 Å². The molecule has 1 aromatic heterocycles. The van der Waals surface area contributed by atoms with Crippen molar-refractivity contribution in [2.75, 3.05) is 6.54 Å². The van der Waals surface area contributed by atoms with Crippen molar-refractivity contribution in [3.63, 3.8) is 0 Å². The molecule has 1 aromatic rings. The van der Waals surface area contributed by atoms with Crippen LogP contribution in [0.5, 0.6) is 0 Å². The Balaban J connectivity index is 1.76. The SMILES string of the molecule is CCCC(NCC(C)c1cccs1)C1CC1. The Morgan fingerprint density at radius 3 is 2.88 bits per heavy atom. The molecule has 2 heteroatoms. The molecule has 1 aliphatic carbocycles. The molecule has 2 rings (SSSR count). The van der Waals surface area contributed by atoms with Gasteiger partial charge in [0.1, 0.15) is 0 Å². The van der Waals surface area contributed by atoms with Gasteiger partial charge in [-0.05, 0) is 36.6 Å². The lowest BCUT2D eigenvalue weighted by atomic mass is 10.1. The van der Waals surface area contributed by atoms with Crippen molar-refractivity contribution in [1.29, 1.82) is 0 Å². The van der Waals surface area contributed by atoms with Crippen LogP contribution in [0.3, 0.4) is 0 Å². The van der Waals surface area contributed by atoms with Crippen LogP contribution >= 0.6 is 11.3 Å². The predicted octanol–water partition coefficient (Wildman–Crippen LogP) is 4.02. The molecule has 90 valence electrons. The van der Waals surface area contributed by atoms with Gasteiger partial charge in [-0.1, -0.05) is 26.3 Å². The van der Waals surface area contributed by atoms with Crippen molar-refractivity contribution >= 4 is 11.3 Å². The maximum absolute atomic E-state index is 3.78. The van der Waals surface area contributed by atoms with E-state index in [2.05, 4.69) is 36.7 Å². The van der Waals surface area contributed by atoms with E-state index in [0.29, 0.717) is 5.92 Å². The van der Waals surface area contributed by atoms with Gasteiger partial charge in [0.15, 0.2) is 0 Å². The first kappa shape index (κ1) is 12.1. The van der Waals surface area contributed by atoms with Gasteiger partial charge < -0.3 is 5.32 Å². The molecular formula is C14H23NS. The third kappa shape index (κ3) is 3.33. The minimum absolute atomic E-state index is 0.665. The Hall–Kier alpha value is -0.340. The van der Waals surface area contributed by atoms with Crippen molar-refractivity contribution in [3.05, 3.63) is 22.4 Å². The van der Waals surface area contributed by atoms with Gasteiger partial charge in [0.25, 0.3) is 0 Å². The van der Waals surface area contributed by atoms with E-state index in [9.17, 15) is 0 Å². The molecule has 1 N–H and O–H groups in total. The van der Waals surface area contributed by atoms with Gasteiger partial charge in [-0.3, -0.25) is 0 Å². The highest BCUT2D eigenvalue weighted by Gasteiger charge is 2.30. The van der Waals surface area contributed by atoms with E-state index in [1.165, 1.54) is 30.6 Å². The Labute approximate surface area is 103 Å². The summed E-state index contributed by atoms with van der Waals surface area (Å²) in [4.78, 5) is 1.51. The molecule has 0 amide bonds. The topological polar surface area (TPSA) is 12.0 Å². The van der Waals surface area contributed by atoms with Crippen LogP contribution in [-0.2, 0) is 0 Å². The number of hydrogen-bond acceptors (Lipinski definition) is 2. The van der Waals surface area contributed by atoms with Gasteiger partial charge in [-0.25, -0.2) is 0 Å². The van der Waals surface area contributed by atoms with E-state index >= 15 is 0 Å². The summed E-state index contributed by atoms with van der Waals surface area (Å²) in [6.07, 6.45) is 5.56. The van der Waals surface area contributed by atoms with Crippen LogP contribution in [0.25, 0.3) is 0 Å². The van der Waals surface area contributed by atoms with Crippen molar-refractivity contribution < 1.29 is 0 Å². The minimum atomic E-state index is 0.665. The second kappa shape index (κ2) is 5.83. The lowest BCUT2D eigenvalue weighted by molar-refractivity contribution is 0.421. The molecule has 0 aliphatic heterocycles. The largest absolute Gasteiger partial charge is 0.313 e. The van der Waals surface area contributed by atoms with Crippen molar-refractivity contribution in [2.24, 2.45) is 5.92 Å². The molecule has 0 radical (unpaired) electrons. The zero-order chi connectivity index (χ0) is 11.4. The van der Waals surface area contributed by atoms with E-state index in [1.807, 2.05) is 11.3 Å². The molecule has 0 spiro atoms. The van der Waals surface area contributed by atoms with Gasteiger partial charge in [0, 0.05) is 23.4 Å². The van der Waals surface area contributed by atoms with Gasteiger partial charge in [0.2, 0.25) is 0 Å². The van der Waals surface area contributed by atoms with Crippen molar-refractivity contribution in [3.8, 4) is 0 Å². The Morgan fingerprint density at radius 2 is 2.31 bits per heavy atom. The first-order valence-electron chi connectivity index (χ1n) is 6.58. The highest BCUT2D eigenvalue weighted by Crippen LogP contribution is 2.34. The molecule has 0 bridgehead atoms. The highest BCUT2D eigenvalue weighted by atomic mass is 32.1. The molecule has 1 fully saturated rings. The summed E-state index contributed by atoms with van der Waals surface area (Å²) >= 11 is 1.88. The molecule has 1 aliphatic rings. The molecule has 1 heterocycles. The van der Waals surface area contributed by atoms with Gasteiger partial charge >= 0.3 is 0 Å². The van der Waals surface area contributed by atoms with Gasteiger partial charge in [-0.15, -0.1) is 11.3 Å². The fourth-order valence-corrected chi connectivity index (χ4v) is 3.10. The zero-order valence-electron chi connectivity index (χ0n) is 10.4. The van der Waals surface area contributed by atoms with Crippen LogP contribution in [0.2, 0.25) is 0 Å². The molecule has 2 atom stereocenters. The standard InChI is InChI=1S/C14H23NS/c1-3-5-13(12-7-8-12)15-10-11(2)14-6-4-9-16-14/h4,6,9,11-13,15H,3,5,7-8,10H2,1-2H3. The molecule has 1 nitrogen and oxygen atoms in total. The summed E-state index contributed by atoms with van der Waals surface area (Å²) in [7, 11) is 0. The van der Waals surface area contributed by atoms with Crippen molar-refractivity contribution in [2.45, 2.75) is 51.5 Å². The molecule has 1 saturated carbocycles. The maximum atomic E-state index is 3.78. The third-order valence-corrected chi connectivity index (χ3v) is 4.61. The first-order valence-corrected chi connectivity index (χ1v) is 7.46. The lowest BCUT2D eigenvalue weighted by Gasteiger charge is -2.20. The fourth-order valence-electron chi connectivity index (χ4n) is 2.31. The zero-order valence-corrected chi connectivity index (χ0v) is 11.2. The predicted molar refractivity (Wildman–Crippen MR) is 72.2 cm³/mol. The summed E-state index contributed by atoms with van der Waals surface area (Å²) < 4.78 is 0. The second-order valence-electron chi connectivity index (χ2n) is 5.06. The van der Waals surface area contributed by atoms with E-state index in [0.717, 1.165) is 18.5 Å². The number of rotatable bonds is 7. The second-order valence-corrected chi connectivity index (χ2v) is 6.04. The molecule has 2 unspecified atom stereocenters. The third-order valence-electron chi connectivity index (χ3n) is 3.51. The Kier molecular flexibility index (Phi) is 4.42. The minimum Gasteiger partial charge on any atom is -0.313 e. The summed E-state index contributed by atoms with van der Waals surface area (Å²) in [5.41, 5.74) is 0. The Bertz CT molecular complexity index is 290. The summed E-state index contributed by atoms with van der Waals surface area (Å²) in [6, 6.07) is 5.19. The highest BCUT2D eigenvalue weighted by molar-refractivity contribution is 7.10. The van der Waals surface area contributed by atoms with Crippen LogP contribution in [-0.4, -0.2) is 12.6 Å². The first-order chi connectivity index (χ1) is 7.81. The van der Waals surface area contributed by atoms with Crippen LogP contribution in [0.4, 0.5) is 0 Å². The van der Waals surface area contributed by atoms with Gasteiger partial charge in [0.05, 0.1) is 0 Å². The van der Waals surface area contributed by atoms with E-state index in [-0.39, 0.29) is 0 Å². The number of hydrogen-bond donors (Lipinski definition) is 1. The normalized spacial score (nSPS) is 19.6. The monoisotopic (exact) mass is 237 g/mol. The number of nitrogens with one attached hydrogen (secondary N) is 1. The maximum Gasteiger partial charge on any atom is 0.00954 e. The molecule has 16 heavy (non-hydrogen) atoms. The summed E-state index contributed by atoms with van der Waals surface area (Å²) in [5, 5.41) is 5.95. The van der Waals surface area contributed by atoms with Crippen molar-refractivity contribution in [1.82, 2.24) is 5.32 Å². The van der Waals surface area contributed by atoms with Crippen LogP contribution in [0.15, 0.2) is 17.5 Å². The average molecular weight is 237 g/mol. The van der Waals surface area contributed by atoms with Gasteiger partial charge in [-0.2, -0.15) is 0 Å². The quantitative estimate of drug-likeness (QED) is 0.755. The molecule has 0 aromatic carbocycles. The van der Waals surface area contributed by atoms with Crippen LogP contribution < -0.4 is 5.32 Å². The molecular weight excluding hydrogens is 214 g/mol. The summed E-state index contributed by atoms with van der Waals surface area (Å²) in [6.45, 7) is 5.76.